The lowest BCUT2D eigenvalue weighted by molar-refractivity contribution is -0.183. The Labute approximate surface area is 265 Å². The third-order valence-electron chi connectivity index (χ3n) is 12.5. The largest absolute Gasteiger partial charge is 0.381 e. The van der Waals surface area contributed by atoms with Crippen LogP contribution in [0, 0.1) is 46.3 Å². The van der Waals surface area contributed by atoms with Crippen molar-refractivity contribution in [2.45, 2.75) is 124 Å². The molecule has 7 heteroatoms. The summed E-state index contributed by atoms with van der Waals surface area (Å²) in [5.41, 5.74) is 18.0. The number of hydrogen-bond donors (Lipinski definition) is 4. The Kier molecular flexibility index (Phi) is 16.2. The molecular weight excluding hydrogens is 536 g/mol. The van der Waals surface area contributed by atoms with Crippen molar-refractivity contribution in [3.63, 3.8) is 0 Å². The van der Waals surface area contributed by atoms with E-state index < -0.39 is 0 Å². The zero-order valence-electron chi connectivity index (χ0n) is 28.9. The predicted molar refractivity (Wildman–Crippen MR) is 180 cm³/mol. The van der Waals surface area contributed by atoms with Crippen molar-refractivity contribution in [1.29, 1.82) is 0 Å². The van der Waals surface area contributed by atoms with Crippen molar-refractivity contribution in [1.82, 2.24) is 5.32 Å². The van der Waals surface area contributed by atoms with Crippen LogP contribution in [0.2, 0.25) is 0 Å². The number of fused-ring (bicyclic) bond motifs is 1. The summed E-state index contributed by atoms with van der Waals surface area (Å²) in [6, 6.07) is 0. The molecule has 3 saturated carbocycles. The van der Waals surface area contributed by atoms with Crippen molar-refractivity contribution in [2.24, 2.45) is 63.5 Å². The average molecular weight is 609 g/mol. The molecule has 0 radical (unpaired) electrons. The molecule has 3 rings (SSSR count). The van der Waals surface area contributed by atoms with Crippen LogP contribution in [0.15, 0.2) is 0 Å². The van der Waals surface area contributed by atoms with Gasteiger partial charge in [0.25, 0.3) is 0 Å². The predicted octanol–water partition coefficient (Wildman–Crippen LogP) is 5.73. The molecule has 0 heterocycles. The van der Waals surface area contributed by atoms with Crippen LogP contribution in [0.4, 0.5) is 0 Å². The Balaban J connectivity index is 1.86. The fourth-order valence-electron chi connectivity index (χ4n) is 9.79. The summed E-state index contributed by atoms with van der Waals surface area (Å²) in [5.74, 6) is 3.75. The van der Waals surface area contributed by atoms with Gasteiger partial charge in [0, 0.05) is 31.8 Å². The second-order valence-electron chi connectivity index (χ2n) is 15.1. The van der Waals surface area contributed by atoms with E-state index in [4.69, 9.17) is 31.4 Å². The minimum atomic E-state index is 0.172. The molecule has 0 aliphatic heterocycles. The van der Waals surface area contributed by atoms with Crippen molar-refractivity contribution in [3.8, 4) is 0 Å². The van der Waals surface area contributed by atoms with Crippen molar-refractivity contribution < 1.29 is 14.2 Å². The van der Waals surface area contributed by atoms with Crippen LogP contribution in [0.3, 0.4) is 0 Å². The molecule has 3 aliphatic carbocycles. The number of hydrogen-bond acceptors (Lipinski definition) is 7. The van der Waals surface area contributed by atoms with E-state index in [1.54, 1.807) is 0 Å². The topological polar surface area (TPSA) is 118 Å². The lowest BCUT2D eigenvalue weighted by Gasteiger charge is -2.60. The molecule has 0 aromatic heterocycles. The Morgan fingerprint density at radius 1 is 0.837 bits per heavy atom. The van der Waals surface area contributed by atoms with E-state index in [0.717, 1.165) is 78.0 Å². The molecular formula is C36H72N4O3. The third kappa shape index (κ3) is 9.39. The highest BCUT2D eigenvalue weighted by Crippen LogP contribution is 2.66. The number of nitrogens with one attached hydrogen (secondary N) is 1. The van der Waals surface area contributed by atoms with Gasteiger partial charge < -0.3 is 36.7 Å². The molecule has 0 saturated heterocycles. The minimum absolute atomic E-state index is 0.172. The van der Waals surface area contributed by atoms with Crippen LogP contribution in [0.5, 0.6) is 0 Å². The number of rotatable bonds is 21. The molecule has 254 valence electrons. The second-order valence-corrected chi connectivity index (χ2v) is 15.1. The van der Waals surface area contributed by atoms with Gasteiger partial charge in [-0.1, -0.05) is 34.6 Å². The van der Waals surface area contributed by atoms with Crippen molar-refractivity contribution in [2.75, 3.05) is 59.2 Å². The van der Waals surface area contributed by atoms with Gasteiger partial charge in [0.1, 0.15) is 0 Å². The van der Waals surface area contributed by atoms with E-state index in [1.807, 2.05) is 0 Å². The maximum atomic E-state index is 6.97. The Morgan fingerprint density at radius 3 is 2.21 bits per heavy atom. The molecule has 0 aromatic rings. The summed E-state index contributed by atoms with van der Waals surface area (Å²) in [6.45, 7) is 20.0. The first-order valence-electron chi connectivity index (χ1n) is 18.4. The average Bonchev–Trinajstić information content (AvgIpc) is 3.36. The molecule has 0 bridgehead atoms. The van der Waals surface area contributed by atoms with Crippen molar-refractivity contribution in [3.05, 3.63) is 0 Å². The highest BCUT2D eigenvalue weighted by molar-refractivity contribution is 5.11. The van der Waals surface area contributed by atoms with Crippen molar-refractivity contribution >= 4 is 0 Å². The van der Waals surface area contributed by atoms with Crippen LogP contribution < -0.4 is 22.5 Å². The van der Waals surface area contributed by atoms with E-state index in [-0.39, 0.29) is 16.9 Å². The molecule has 0 spiro atoms. The van der Waals surface area contributed by atoms with E-state index in [1.165, 1.54) is 38.5 Å². The SMILES string of the molecule is CCCNCCC[C@@H](C)C1CC[C@H]2C(COCCCN)[C@@H](C3(C)CC[C@@H](OCCCN)CC3C)C[C@H](OCCCN)C12C. The van der Waals surface area contributed by atoms with Gasteiger partial charge in [0.2, 0.25) is 0 Å². The van der Waals surface area contributed by atoms with E-state index >= 15 is 0 Å². The summed E-state index contributed by atoms with van der Waals surface area (Å²) in [4.78, 5) is 0. The molecule has 5 unspecified atom stereocenters. The summed E-state index contributed by atoms with van der Waals surface area (Å²) >= 11 is 0. The van der Waals surface area contributed by atoms with Gasteiger partial charge in [-0.05, 0) is 151 Å². The van der Waals surface area contributed by atoms with Gasteiger partial charge in [-0.15, -0.1) is 0 Å². The summed E-state index contributed by atoms with van der Waals surface area (Å²) in [6.07, 6.45) is 14.5. The van der Waals surface area contributed by atoms with Gasteiger partial charge >= 0.3 is 0 Å². The Hall–Kier alpha value is -0.280. The molecule has 0 aromatic carbocycles. The van der Waals surface area contributed by atoms with E-state index in [9.17, 15) is 0 Å². The standard InChI is InChI=1S/C36H72N4O3/c1-6-19-40-20-7-11-27(2)31-12-13-32-30(26-41-21-8-16-37)33(25-34(36(31,32)5)43-23-10-18-39)35(4)15-14-29(24-28(35)3)42-22-9-17-38/h27-34,40H,6-26,37-39H2,1-5H3/t27-,28?,29-,30?,31?,32+,33+,34+,35?,36?/m1/s1. The summed E-state index contributed by atoms with van der Waals surface area (Å²) < 4.78 is 19.8. The maximum Gasteiger partial charge on any atom is 0.0637 e. The van der Waals surface area contributed by atoms with E-state index in [2.05, 4.69) is 39.9 Å². The monoisotopic (exact) mass is 609 g/mol. The molecule has 3 fully saturated rings. The van der Waals surface area contributed by atoms with Gasteiger partial charge in [-0.25, -0.2) is 0 Å². The molecule has 7 nitrogen and oxygen atoms in total. The minimum Gasteiger partial charge on any atom is -0.381 e. The second kappa shape index (κ2) is 18.8. The van der Waals surface area contributed by atoms with Gasteiger partial charge in [-0.3, -0.25) is 0 Å². The first kappa shape index (κ1) is 37.2. The number of nitrogens with two attached hydrogens (primary N) is 3. The quantitative estimate of drug-likeness (QED) is 0.123. The zero-order chi connectivity index (χ0) is 31.3. The highest BCUT2D eigenvalue weighted by Gasteiger charge is 2.62. The molecule has 0 amide bonds. The van der Waals surface area contributed by atoms with Gasteiger partial charge in [-0.2, -0.15) is 0 Å². The summed E-state index contributed by atoms with van der Waals surface area (Å²) in [7, 11) is 0. The third-order valence-corrected chi connectivity index (χ3v) is 12.5. The van der Waals surface area contributed by atoms with Crippen LogP contribution in [0.25, 0.3) is 0 Å². The fraction of sp³-hybridized carbons (Fsp3) is 1.00. The highest BCUT2D eigenvalue weighted by atomic mass is 16.5. The zero-order valence-corrected chi connectivity index (χ0v) is 28.9. The van der Waals surface area contributed by atoms with Crippen LogP contribution in [-0.4, -0.2) is 71.4 Å². The molecule has 10 atom stereocenters. The molecule has 3 aliphatic rings. The normalized spacial score (nSPS) is 37.0. The van der Waals surface area contributed by atoms with Gasteiger partial charge in [0.15, 0.2) is 0 Å². The first-order valence-corrected chi connectivity index (χ1v) is 18.4. The number of ether oxygens (including phenoxy) is 3. The smallest absolute Gasteiger partial charge is 0.0637 e. The first-order chi connectivity index (χ1) is 20.8. The van der Waals surface area contributed by atoms with Crippen LogP contribution in [-0.2, 0) is 14.2 Å². The van der Waals surface area contributed by atoms with Crippen LogP contribution in [0.1, 0.15) is 112 Å². The maximum absolute atomic E-state index is 6.97. The fourth-order valence-corrected chi connectivity index (χ4v) is 9.79. The summed E-state index contributed by atoms with van der Waals surface area (Å²) in [5, 5.41) is 3.62. The van der Waals surface area contributed by atoms with Crippen LogP contribution >= 0.6 is 0 Å². The molecule has 43 heavy (non-hydrogen) atoms. The Bertz CT molecular complexity index is 758. The van der Waals surface area contributed by atoms with E-state index in [0.29, 0.717) is 61.2 Å². The Morgan fingerprint density at radius 2 is 1.53 bits per heavy atom. The van der Waals surface area contributed by atoms with Gasteiger partial charge in [0.05, 0.1) is 12.2 Å². The lowest BCUT2D eigenvalue weighted by atomic mass is 9.47. The lowest BCUT2D eigenvalue weighted by Crippen LogP contribution is -2.58. The molecule has 7 N–H and O–H groups in total.